The lowest BCUT2D eigenvalue weighted by molar-refractivity contribution is -0.137. The summed E-state index contributed by atoms with van der Waals surface area (Å²) in [4.78, 5) is 23.9. The molecule has 2 aromatic rings. The smallest absolute Gasteiger partial charge is 0.418 e. The van der Waals surface area contributed by atoms with Crippen LogP contribution in [0.3, 0.4) is 0 Å². The number of alkyl halides is 3. The highest BCUT2D eigenvalue weighted by atomic mass is 32.2. The Morgan fingerprint density at radius 2 is 1.91 bits per heavy atom. The number of sulfonamides is 1. The van der Waals surface area contributed by atoms with Gasteiger partial charge in [-0.25, -0.2) is 8.42 Å². The second-order valence-corrected chi connectivity index (χ2v) is 9.23. The number of amides is 2. The molecular formula is C20H20F3N3O5S. The SMILES string of the molecule is Cc1cc2c(cc1S(=O)(=O)N(C)CC(=O)Nc1ccccc1C(F)(F)F)OC(C)C(=O)N2. The van der Waals surface area contributed by atoms with Crippen LogP contribution in [0, 0.1) is 6.92 Å². The summed E-state index contributed by atoms with van der Waals surface area (Å²) in [6, 6.07) is 7.06. The molecule has 0 spiro atoms. The van der Waals surface area contributed by atoms with Crippen LogP contribution in [0.2, 0.25) is 0 Å². The van der Waals surface area contributed by atoms with E-state index in [9.17, 15) is 31.2 Å². The minimum atomic E-state index is -4.69. The number of carbonyl (C=O) groups is 2. The third-order valence-electron chi connectivity index (χ3n) is 4.77. The maximum Gasteiger partial charge on any atom is 0.418 e. The molecule has 0 aliphatic carbocycles. The zero-order valence-corrected chi connectivity index (χ0v) is 18.1. The Morgan fingerprint density at radius 1 is 1.25 bits per heavy atom. The molecule has 0 saturated carbocycles. The molecule has 2 aromatic carbocycles. The van der Waals surface area contributed by atoms with Crippen molar-refractivity contribution in [3.05, 3.63) is 47.5 Å². The van der Waals surface area contributed by atoms with E-state index in [1.165, 1.54) is 38.1 Å². The summed E-state index contributed by atoms with van der Waals surface area (Å²) in [5.74, 6) is -1.17. The van der Waals surface area contributed by atoms with Crippen LogP contribution in [-0.4, -0.2) is 44.2 Å². The molecule has 2 N–H and O–H groups in total. The topological polar surface area (TPSA) is 105 Å². The number of para-hydroxylation sites is 1. The third kappa shape index (κ3) is 4.70. The Balaban J connectivity index is 1.81. The molecular weight excluding hydrogens is 451 g/mol. The van der Waals surface area contributed by atoms with Crippen molar-refractivity contribution in [1.29, 1.82) is 0 Å². The summed E-state index contributed by atoms with van der Waals surface area (Å²) < 4.78 is 71.5. The van der Waals surface area contributed by atoms with Crippen molar-refractivity contribution in [2.75, 3.05) is 24.2 Å². The van der Waals surface area contributed by atoms with Crippen molar-refractivity contribution < 1.29 is 35.9 Å². The molecule has 1 atom stereocenters. The molecule has 0 saturated heterocycles. The minimum Gasteiger partial charge on any atom is -0.479 e. The molecule has 3 rings (SSSR count). The maximum absolute atomic E-state index is 13.1. The van der Waals surface area contributed by atoms with Crippen LogP contribution in [-0.2, 0) is 25.8 Å². The number of nitrogens with one attached hydrogen (secondary N) is 2. The van der Waals surface area contributed by atoms with E-state index >= 15 is 0 Å². The number of hydrogen-bond acceptors (Lipinski definition) is 5. The van der Waals surface area contributed by atoms with Gasteiger partial charge in [-0.3, -0.25) is 9.59 Å². The summed E-state index contributed by atoms with van der Waals surface area (Å²) >= 11 is 0. The van der Waals surface area contributed by atoms with Crippen LogP contribution in [0.5, 0.6) is 5.75 Å². The van der Waals surface area contributed by atoms with Gasteiger partial charge >= 0.3 is 6.18 Å². The molecule has 8 nitrogen and oxygen atoms in total. The number of halogens is 3. The standard InChI is InChI=1S/C20H20F3N3O5S/c1-11-8-15-16(31-12(2)19(28)25-15)9-17(11)32(29,30)26(3)10-18(27)24-14-7-5-4-6-13(14)20(21,22)23/h4-9,12H,10H2,1-3H3,(H,24,27)(H,25,28). The van der Waals surface area contributed by atoms with Gasteiger partial charge in [0.2, 0.25) is 15.9 Å². The Kier molecular flexibility index (Phi) is 6.20. The lowest BCUT2D eigenvalue weighted by Gasteiger charge is -2.25. The van der Waals surface area contributed by atoms with Crippen LogP contribution in [0.15, 0.2) is 41.3 Å². The lowest BCUT2D eigenvalue weighted by atomic mass is 10.1. The summed E-state index contributed by atoms with van der Waals surface area (Å²) in [7, 11) is -3.07. The van der Waals surface area contributed by atoms with Gasteiger partial charge in [0.1, 0.15) is 5.75 Å². The van der Waals surface area contributed by atoms with Gasteiger partial charge in [0.15, 0.2) is 6.10 Å². The van der Waals surface area contributed by atoms with Gasteiger partial charge < -0.3 is 15.4 Å². The average Bonchev–Trinajstić information content (AvgIpc) is 2.68. The first kappa shape index (κ1) is 23.5. The second-order valence-electron chi connectivity index (χ2n) is 7.22. The van der Waals surface area contributed by atoms with Crippen molar-refractivity contribution in [2.45, 2.75) is 31.0 Å². The van der Waals surface area contributed by atoms with Crippen molar-refractivity contribution in [3.63, 3.8) is 0 Å². The van der Waals surface area contributed by atoms with E-state index in [0.29, 0.717) is 5.69 Å². The molecule has 1 aliphatic heterocycles. The van der Waals surface area contributed by atoms with Gasteiger partial charge in [-0.1, -0.05) is 12.1 Å². The van der Waals surface area contributed by atoms with E-state index < -0.39 is 46.0 Å². The van der Waals surface area contributed by atoms with Crippen LogP contribution in [0.25, 0.3) is 0 Å². The van der Waals surface area contributed by atoms with E-state index in [4.69, 9.17) is 4.74 Å². The van der Waals surface area contributed by atoms with Gasteiger partial charge in [-0.15, -0.1) is 0 Å². The number of benzene rings is 2. The maximum atomic E-state index is 13.1. The van der Waals surface area contributed by atoms with E-state index in [-0.39, 0.29) is 22.1 Å². The molecule has 1 aliphatic rings. The Morgan fingerprint density at radius 3 is 2.56 bits per heavy atom. The normalized spacial score (nSPS) is 16.2. The number of aryl methyl sites for hydroxylation is 1. The number of carbonyl (C=O) groups excluding carboxylic acids is 2. The molecule has 12 heteroatoms. The first-order valence-electron chi connectivity index (χ1n) is 9.35. The van der Waals surface area contributed by atoms with Crippen molar-refractivity contribution in [2.24, 2.45) is 0 Å². The summed E-state index contributed by atoms with van der Waals surface area (Å²) in [5.41, 5.74) is -0.915. The fourth-order valence-corrected chi connectivity index (χ4v) is 4.45. The number of fused-ring (bicyclic) bond motifs is 1. The van der Waals surface area contributed by atoms with E-state index in [2.05, 4.69) is 10.6 Å². The lowest BCUT2D eigenvalue weighted by Crippen LogP contribution is -2.36. The van der Waals surface area contributed by atoms with Gasteiger partial charge in [0.25, 0.3) is 5.91 Å². The Labute approximate surface area is 182 Å². The molecule has 172 valence electrons. The van der Waals surface area contributed by atoms with Crippen molar-refractivity contribution in [3.8, 4) is 5.75 Å². The van der Waals surface area contributed by atoms with E-state index in [1.54, 1.807) is 0 Å². The molecule has 2 amide bonds. The number of hydrogen-bond donors (Lipinski definition) is 2. The number of likely N-dealkylation sites (N-methyl/N-ethyl adjacent to an activating group) is 1. The number of ether oxygens (including phenoxy) is 1. The zero-order chi connectivity index (χ0) is 23.8. The van der Waals surface area contributed by atoms with E-state index in [1.807, 2.05) is 0 Å². The monoisotopic (exact) mass is 471 g/mol. The van der Waals surface area contributed by atoms with Gasteiger partial charge in [-0.2, -0.15) is 17.5 Å². The Bertz CT molecular complexity index is 1180. The number of rotatable bonds is 5. The van der Waals surface area contributed by atoms with Crippen LogP contribution >= 0.6 is 0 Å². The van der Waals surface area contributed by atoms with Gasteiger partial charge in [0, 0.05) is 13.1 Å². The molecule has 0 bridgehead atoms. The Hall–Kier alpha value is -3.12. The predicted octanol–water partition coefficient (Wildman–Crippen LogP) is 2.99. The second kappa shape index (κ2) is 8.43. The first-order valence-corrected chi connectivity index (χ1v) is 10.8. The zero-order valence-electron chi connectivity index (χ0n) is 17.3. The molecule has 0 radical (unpaired) electrons. The van der Waals surface area contributed by atoms with Crippen molar-refractivity contribution in [1.82, 2.24) is 4.31 Å². The predicted molar refractivity (Wildman–Crippen MR) is 110 cm³/mol. The van der Waals surface area contributed by atoms with Crippen LogP contribution < -0.4 is 15.4 Å². The van der Waals surface area contributed by atoms with Gasteiger partial charge in [-0.05, 0) is 37.6 Å². The van der Waals surface area contributed by atoms with E-state index in [0.717, 1.165) is 23.5 Å². The largest absolute Gasteiger partial charge is 0.479 e. The highest BCUT2D eigenvalue weighted by molar-refractivity contribution is 7.89. The summed E-state index contributed by atoms with van der Waals surface area (Å²) in [5, 5.41) is 4.72. The molecule has 1 heterocycles. The first-order chi connectivity index (χ1) is 14.8. The minimum absolute atomic E-state index is 0.151. The number of nitrogens with zero attached hydrogens (tertiary/aromatic N) is 1. The molecule has 0 aromatic heterocycles. The van der Waals surface area contributed by atoms with Gasteiger partial charge in [0.05, 0.1) is 28.4 Å². The highest BCUT2D eigenvalue weighted by Gasteiger charge is 2.34. The summed E-state index contributed by atoms with van der Waals surface area (Å²) in [6.07, 6.45) is -5.51. The van der Waals surface area contributed by atoms with Crippen LogP contribution in [0.4, 0.5) is 24.5 Å². The molecule has 32 heavy (non-hydrogen) atoms. The number of anilines is 2. The quantitative estimate of drug-likeness (QED) is 0.698. The molecule has 1 unspecified atom stereocenters. The average molecular weight is 471 g/mol. The van der Waals surface area contributed by atoms with Crippen molar-refractivity contribution >= 4 is 33.2 Å². The third-order valence-corrected chi connectivity index (χ3v) is 6.71. The van der Waals surface area contributed by atoms with Crippen LogP contribution in [0.1, 0.15) is 18.1 Å². The fraction of sp³-hybridized carbons (Fsp3) is 0.300. The highest BCUT2D eigenvalue weighted by Crippen LogP contribution is 2.36. The molecule has 0 fully saturated rings. The fourth-order valence-electron chi connectivity index (χ4n) is 3.10. The summed E-state index contributed by atoms with van der Waals surface area (Å²) in [6.45, 7) is 2.28.